The minimum absolute atomic E-state index is 0.00132. The van der Waals surface area contributed by atoms with Crippen molar-refractivity contribution in [2.75, 3.05) is 12.8 Å². The highest BCUT2D eigenvalue weighted by Crippen LogP contribution is 2.38. The number of nitrogen functional groups attached to an aromatic ring is 1. The van der Waals surface area contributed by atoms with E-state index in [9.17, 15) is 9.18 Å². The quantitative estimate of drug-likeness (QED) is 0.678. The average Bonchev–Trinajstić information content (AvgIpc) is 2.55. The van der Waals surface area contributed by atoms with Gasteiger partial charge in [-0.05, 0) is 35.7 Å². The van der Waals surface area contributed by atoms with Crippen LogP contribution < -0.4 is 20.5 Å². The maximum atomic E-state index is 14.0. The molecule has 0 bridgehead atoms. The van der Waals surface area contributed by atoms with E-state index >= 15 is 0 Å². The molecule has 0 aliphatic heterocycles. The van der Waals surface area contributed by atoms with Gasteiger partial charge in [-0.3, -0.25) is 0 Å². The zero-order valence-corrected chi connectivity index (χ0v) is 15.2. The zero-order valence-electron chi connectivity index (χ0n) is 15.2. The van der Waals surface area contributed by atoms with Crippen LogP contribution in [0.5, 0.6) is 17.2 Å². The summed E-state index contributed by atoms with van der Waals surface area (Å²) in [5.41, 5.74) is 6.58. The number of rotatable bonds is 5. The van der Waals surface area contributed by atoms with Crippen LogP contribution in [-0.2, 0) is 0 Å². The molecular formula is C19H23FN2O4. The summed E-state index contributed by atoms with van der Waals surface area (Å²) >= 11 is 0. The molecule has 2 aromatic rings. The molecule has 2 aromatic carbocycles. The van der Waals surface area contributed by atoms with Gasteiger partial charge >= 0.3 is 6.09 Å². The first-order valence-electron chi connectivity index (χ1n) is 8.02. The zero-order chi connectivity index (χ0) is 19.5. The number of benzene rings is 2. The topological polar surface area (TPSA) is 93.8 Å². The van der Waals surface area contributed by atoms with Crippen LogP contribution >= 0.6 is 0 Å². The van der Waals surface area contributed by atoms with E-state index in [0.29, 0.717) is 22.7 Å². The van der Waals surface area contributed by atoms with E-state index in [1.807, 2.05) is 20.8 Å². The highest BCUT2D eigenvalue weighted by molar-refractivity contribution is 5.66. The van der Waals surface area contributed by atoms with E-state index in [0.717, 1.165) is 0 Å². The van der Waals surface area contributed by atoms with Crippen LogP contribution in [-0.4, -0.2) is 18.3 Å². The third-order valence-electron chi connectivity index (χ3n) is 3.87. The van der Waals surface area contributed by atoms with Crippen molar-refractivity contribution in [3.63, 3.8) is 0 Å². The molecule has 6 nitrogen and oxygen atoms in total. The van der Waals surface area contributed by atoms with Crippen LogP contribution in [0.4, 0.5) is 14.9 Å². The normalized spacial score (nSPS) is 12.3. The summed E-state index contributed by atoms with van der Waals surface area (Å²) in [5, 5.41) is 11.6. The van der Waals surface area contributed by atoms with E-state index < -0.39 is 23.4 Å². The van der Waals surface area contributed by atoms with Crippen LogP contribution in [0, 0.1) is 11.2 Å². The van der Waals surface area contributed by atoms with E-state index in [2.05, 4.69) is 5.32 Å². The van der Waals surface area contributed by atoms with Crippen molar-refractivity contribution in [1.82, 2.24) is 5.32 Å². The number of nitrogens with two attached hydrogens (primary N) is 1. The van der Waals surface area contributed by atoms with Crippen molar-refractivity contribution in [3.8, 4) is 17.2 Å². The number of carbonyl (C=O) groups is 1. The number of hydrogen-bond donors (Lipinski definition) is 3. The Morgan fingerprint density at radius 3 is 2.42 bits per heavy atom. The number of ether oxygens (including phenoxy) is 2. The first kappa shape index (κ1) is 19.4. The number of hydrogen-bond acceptors (Lipinski definition) is 4. The Labute approximate surface area is 151 Å². The smallest absolute Gasteiger partial charge is 0.405 e. The lowest BCUT2D eigenvalue weighted by Gasteiger charge is -2.32. The Morgan fingerprint density at radius 1 is 1.19 bits per heavy atom. The maximum Gasteiger partial charge on any atom is 0.405 e. The van der Waals surface area contributed by atoms with Crippen molar-refractivity contribution in [3.05, 3.63) is 47.8 Å². The van der Waals surface area contributed by atoms with E-state index in [4.69, 9.17) is 20.3 Å². The van der Waals surface area contributed by atoms with Crippen molar-refractivity contribution in [1.29, 1.82) is 0 Å². The fourth-order valence-corrected chi connectivity index (χ4v) is 2.57. The van der Waals surface area contributed by atoms with Gasteiger partial charge in [0, 0.05) is 17.3 Å². The third-order valence-corrected chi connectivity index (χ3v) is 3.87. The van der Waals surface area contributed by atoms with Gasteiger partial charge in [0.05, 0.1) is 13.2 Å². The lowest BCUT2D eigenvalue weighted by Crippen LogP contribution is -2.36. The van der Waals surface area contributed by atoms with Crippen LogP contribution in [0.2, 0.25) is 0 Å². The van der Waals surface area contributed by atoms with Crippen LogP contribution in [0.15, 0.2) is 36.4 Å². The monoisotopic (exact) mass is 362 g/mol. The van der Waals surface area contributed by atoms with Crippen LogP contribution in [0.1, 0.15) is 32.4 Å². The lowest BCUT2D eigenvalue weighted by molar-refractivity contribution is 0.175. The summed E-state index contributed by atoms with van der Waals surface area (Å²) < 4.78 is 24.7. The van der Waals surface area contributed by atoms with Crippen LogP contribution in [0.25, 0.3) is 0 Å². The fourth-order valence-electron chi connectivity index (χ4n) is 2.57. The SMILES string of the molecule is COc1ccc(F)c(Oc2ccc(N)c(C(NC(=O)O)C(C)(C)C)c2)c1. The van der Waals surface area contributed by atoms with Gasteiger partial charge in [0.1, 0.15) is 11.5 Å². The van der Waals surface area contributed by atoms with Crippen molar-refractivity contribution >= 4 is 11.8 Å². The molecular weight excluding hydrogens is 339 g/mol. The average molecular weight is 362 g/mol. The number of carboxylic acid groups (broad SMARTS) is 1. The Hall–Kier alpha value is -2.96. The molecule has 0 fully saturated rings. The van der Waals surface area contributed by atoms with E-state index in [1.165, 1.54) is 25.3 Å². The Balaban J connectivity index is 2.41. The number of anilines is 1. The number of halogens is 1. The second kappa shape index (κ2) is 7.51. The minimum Gasteiger partial charge on any atom is -0.497 e. The molecule has 1 unspecified atom stereocenters. The van der Waals surface area contributed by atoms with Crippen molar-refractivity contribution < 1.29 is 23.8 Å². The number of methoxy groups -OCH3 is 1. The van der Waals surface area contributed by atoms with Gasteiger partial charge in [-0.15, -0.1) is 0 Å². The number of nitrogens with one attached hydrogen (secondary N) is 1. The molecule has 26 heavy (non-hydrogen) atoms. The maximum absolute atomic E-state index is 14.0. The molecule has 0 aliphatic carbocycles. The standard InChI is InChI=1S/C19H23FN2O4/c1-19(2,3)17(22-18(23)24)13-9-12(6-8-15(13)21)26-16-10-11(25-4)5-7-14(16)20/h5-10,17,22H,21H2,1-4H3,(H,23,24). The highest BCUT2D eigenvalue weighted by Gasteiger charge is 2.29. The summed E-state index contributed by atoms with van der Waals surface area (Å²) in [4.78, 5) is 11.2. The molecule has 2 rings (SSSR count). The van der Waals surface area contributed by atoms with Crippen LogP contribution in [0.3, 0.4) is 0 Å². The second-order valence-corrected chi connectivity index (χ2v) is 6.94. The molecule has 7 heteroatoms. The molecule has 1 atom stereocenters. The summed E-state index contributed by atoms with van der Waals surface area (Å²) in [6.45, 7) is 5.67. The molecule has 0 aliphatic rings. The second-order valence-electron chi connectivity index (χ2n) is 6.94. The molecule has 1 amide bonds. The summed E-state index contributed by atoms with van der Waals surface area (Å²) in [6.07, 6.45) is -1.16. The van der Waals surface area contributed by atoms with Crippen molar-refractivity contribution in [2.45, 2.75) is 26.8 Å². The Morgan fingerprint density at radius 2 is 1.85 bits per heavy atom. The molecule has 0 aromatic heterocycles. The summed E-state index contributed by atoms with van der Waals surface area (Å²) in [5.74, 6) is 0.249. The van der Waals surface area contributed by atoms with Gasteiger partial charge in [0.2, 0.25) is 0 Å². The van der Waals surface area contributed by atoms with Gasteiger partial charge in [-0.1, -0.05) is 20.8 Å². The van der Waals surface area contributed by atoms with Gasteiger partial charge in [-0.25, -0.2) is 9.18 Å². The Bertz CT molecular complexity index is 803. The summed E-state index contributed by atoms with van der Waals surface area (Å²) in [6, 6.07) is 8.41. The fraction of sp³-hybridized carbons (Fsp3) is 0.316. The predicted molar refractivity (Wildman–Crippen MR) is 97.2 cm³/mol. The van der Waals surface area contributed by atoms with Gasteiger partial charge in [0.25, 0.3) is 0 Å². The highest BCUT2D eigenvalue weighted by atomic mass is 19.1. The van der Waals surface area contributed by atoms with E-state index in [1.54, 1.807) is 18.2 Å². The molecule has 0 saturated carbocycles. The van der Waals surface area contributed by atoms with Gasteiger partial charge < -0.3 is 25.6 Å². The first-order valence-corrected chi connectivity index (χ1v) is 8.02. The third kappa shape index (κ3) is 4.56. The number of amides is 1. The Kier molecular flexibility index (Phi) is 5.59. The molecule has 0 saturated heterocycles. The molecule has 140 valence electrons. The minimum atomic E-state index is -1.16. The molecule has 0 spiro atoms. The summed E-state index contributed by atoms with van der Waals surface area (Å²) in [7, 11) is 1.48. The van der Waals surface area contributed by atoms with Gasteiger partial charge in [0.15, 0.2) is 11.6 Å². The van der Waals surface area contributed by atoms with E-state index in [-0.39, 0.29) is 5.75 Å². The largest absolute Gasteiger partial charge is 0.497 e. The lowest BCUT2D eigenvalue weighted by atomic mass is 9.81. The predicted octanol–water partition coefficient (Wildman–Crippen LogP) is 4.56. The molecule has 0 radical (unpaired) electrons. The van der Waals surface area contributed by atoms with Gasteiger partial charge in [-0.2, -0.15) is 0 Å². The first-order chi connectivity index (χ1) is 12.1. The molecule has 4 N–H and O–H groups in total. The van der Waals surface area contributed by atoms with Crippen molar-refractivity contribution in [2.24, 2.45) is 5.41 Å². The molecule has 0 heterocycles.